The van der Waals surface area contributed by atoms with E-state index < -0.39 is 17.5 Å². The monoisotopic (exact) mass is 261 g/mol. The smallest absolute Gasteiger partial charge is 0.194 e. The third-order valence-corrected chi connectivity index (χ3v) is 2.92. The molecule has 0 atom stereocenters. The van der Waals surface area contributed by atoms with Gasteiger partial charge in [0, 0.05) is 29.6 Å². The van der Waals surface area contributed by atoms with Crippen molar-refractivity contribution in [2.75, 3.05) is 7.05 Å². The van der Waals surface area contributed by atoms with E-state index in [-0.39, 0.29) is 5.56 Å². The summed E-state index contributed by atoms with van der Waals surface area (Å²) in [5.74, 6) is -1.50. The third-order valence-electron chi connectivity index (χ3n) is 2.92. The minimum Gasteiger partial charge on any atom is -0.344 e. The first-order valence-electron chi connectivity index (χ1n) is 5.42. The number of rotatable bonds is 1. The highest BCUT2D eigenvalue weighted by Gasteiger charge is 2.19. The number of benzene rings is 1. The number of hydrogen-bond acceptors (Lipinski definition) is 1. The Hall–Kier alpha value is -2.41. The van der Waals surface area contributed by atoms with Crippen LogP contribution in [-0.2, 0) is 0 Å². The van der Waals surface area contributed by atoms with E-state index in [1.54, 1.807) is 24.1 Å². The molecule has 0 aliphatic carbocycles. The molecular weight excluding hydrogens is 251 g/mol. The van der Waals surface area contributed by atoms with Crippen molar-refractivity contribution in [2.45, 2.75) is 0 Å². The maximum Gasteiger partial charge on any atom is 0.194 e. The van der Waals surface area contributed by atoms with Crippen LogP contribution in [0.15, 0.2) is 42.1 Å². The van der Waals surface area contributed by atoms with Crippen molar-refractivity contribution >= 4 is 5.70 Å². The average molecular weight is 261 g/mol. The largest absolute Gasteiger partial charge is 0.344 e. The lowest BCUT2D eigenvalue weighted by Crippen LogP contribution is -2.19. The second-order valence-electron chi connectivity index (χ2n) is 4.04. The predicted molar refractivity (Wildman–Crippen MR) is 68.1 cm³/mol. The zero-order chi connectivity index (χ0) is 14.2. The van der Waals surface area contributed by atoms with Gasteiger partial charge in [0.1, 0.15) is 0 Å². The normalized spacial score (nSPS) is 14.9. The standard InChI is InChI=1S/C15H10F3N/c1-4-10-5-6-14(19(3)9(10)2)11-7-12(16)15(18)13(17)8-11/h1,5-8H,2H2,3H3. The maximum absolute atomic E-state index is 13.2. The topological polar surface area (TPSA) is 3.24 Å². The van der Waals surface area contributed by atoms with E-state index in [0.717, 1.165) is 12.1 Å². The molecule has 1 aromatic rings. The van der Waals surface area contributed by atoms with Crippen LogP contribution in [0, 0.1) is 29.8 Å². The SMILES string of the molecule is C#CC1=CC=C(c2cc(F)c(F)c(F)c2)N(C)C1=C. The molecule has 0 saturated heterocycles. The molecule has 19 heavy (non-hydrogen) atoms. The summed E-state index contributed by atoms with van der Waals surface area (Å²) in [5, 5.41) is 0. The van der Waals surface area contributed by atoms with Gasteiger partial charge >= 0.3 is 0 Å². The molecule has 1 heterocycles. The number of halogens is 3. The molecule has 0 aromatic heterocycles. The first kappa shape index (κ1) is 13.0. The minimum absolute atomic E-state index is 0.215. The lowest BCUT2D eigenvalue weighted by molar-refractivity contribution is 0.446. The van der Waals surface area contributed by atoms with Crippen LogP contribution in [0.3, 0.4) is 0 Å². The first-order chi connectivity index (χ1) is 8.95. The average Bonchev–Trinajstić information content (AvgIpc) is 2.38. The third kappa shape index (κ3) is 2.15. The van der Waals surface area contributed by atoms with Gasteiger partial charge in [-0.15, -0.1) is 6.42 Å². The molecule has 0 N–H and O–H groups in total. The van der Waals surface area contributed by atoms with Crippen LogP contribution < -0.4 is 0 Å². The van der Waals surface area contributed by atoms with Gasteiger partial charge in [-0.25, -0.2) is 13.2 Å². The van der Waals surface area contributed by atoms with E-state index in [2.05, 4.69) is 12.5 Å². The summed E-state index contributed by atoms with van der Waals surface area (Å²) in [6.45, 7) is 3.80. The molecule has 0 amide bonds. The van der Waals surface area contributed by atoms with Crippen LogP contribution in [0.5, 0.6) is 0 Å². The second kappa shape index (κ2) is 4.69. The van der Waals surface area contributed by atoms with Crippen LogP contribution in [0.1, 0.15) is 5.56 Å². The van der Waals surface area contributed by atoms with Crippen molar-refractivity contribution in [3.63, 3.8) is 0 Å². The zero-order valence-electron chi connectivity index (χ0n) is 10.2. The van der Waals surface area contributed by atoms with Crippen molar-refractivity contribution < 1.29 is 13.2 Å². The summed E-state index contributed by atoms with van der Waals surface area (Å²) in [6.07, 6.45) is 8.53. The van der Waals surface area contributed by atoms with Gasteiger partial charge in [0.25, 0.3) is 0 Å². The number of terminal acetylenes is 1. The van der Waals surface area contributed by atoms with E-state index in [1.807, 2.05) is 0 Å². The van der Waals surface area contributed by atoms with Crippen LogP contribution in [-0.4, -0.2) is 11.9 Å². The van der Waals surface area contributed by atoms with E-state index in [9.17, 15) is 13.2 Å². The number of likely N-dealkylation sites (N-methyl/N-ethyl adjacent to an activating group) is 1. The van der Waals surface area contributed by atoms with E-state index in [0.29, 0.717) is 17.0 Å². The van der Waals surface area contributed by atoms with Gasteiger partial charge in [-0.3, -0.25) is 0 Å². The predicted octanol–water partition coefficient (Wildman–Crippen LogP) is 3.46. The fourth-order valence-corrected chi connectivity index (χ4v) is 1.82. The Morgan fingerprint density at radius 2 is 1.74 bits per heavy atom. The summed E-state index contributed by atoms with van der Waals surface area (Å²) in [4.78, 5) is 1.60. The van der Waals surface area contributed by atoms with E-state index in [4.69, 9.17) is 6.42 Å². The van der Waals surface area contributed by atoms with Gasteiger partial charge in [0.2, 0.25) is 0 Å². The first-order valence-corrected chi connectivity index (χ1v) is 5.42. The molecule has 1 nitrogen and oxygen atoms in total. The van der Waals surface area contributed by atoms with Gasteiger partial charge in [0.15, 0.2) is 17.5 Å². The van der Waals surface area contributed by atoms with Crippen molar-refractivity contribution in [2.24, 2.45) is 0 Å². The molecule has 0 bridgehead atoms. The van der Waals surface area contributed by atoms with Gasteiger partial charge in [-0.05, 0) is 24.3 Å². The lowest BCUT2D eigenvalue weighted by Gasteiger charge is -2.28. The molecule has 1 aromatic carbocycles. The van der Waals surface area contributed by atoms with Crippen LogP contribution >= 0.6 is 0 Å². The van der Waals surface area contributed by atoms with Crippen LogP contribution in [0.2, 0.25) is 0 Å². The Labute approximate surface area is 109 Å². The molecule has 0 unspecified atom stereocenters. The van der Waals surface area contributed by atoms with Crippen molar-refractivity contribution in [1.82, 2.24) is 4.90 Å². The molecule has 0 fully saturated rings. The quantitative estimate of drug-likeness (QED) is 0.552. The van der Waals surface area contributed by atoms with Crippen LogP contribution in [0.4, 0.5) is 13.2 Å². The Morgan fingerprint density at radius 1 is 1.16 bits per heavy atom. The Balaban J connectivity index is 2.55. The molecule has 2 rings (SSSR count). The summed E-state index contributed by atoms with van der Waals surface area (Å²) >= 11 is 0. The van der Waals surface area contributed by atoms with Crippen molar-refractivity contribution in [1.29, 1.82) is 0 Å². The van der Waals surface area contributed by atoms with Gasteiger partial charge in [-0.1, -0.05) is 12.5 Å². The van der Waals surface area contributed by atoms with Crippen LogP contribution in [0.25, 0.3) is 5.70 Å². The minimum atomic E-state index is -1.48. The summed E-state index contributed by atoms with van der Waals surface area (Å²) in [5.41, 5.74) is 1.81. The lowest BCUT2D eigenvalue weighted by atomic mass is 10.0. The Kier molecular flexibility index (Phi) is 3.22. The van der Waals surface area contributed by atoms with Crippen molar-refractivity contribution in [3.05, 3.63) is 65.1 Å². The molecule has 1 aliphatic rings. The molecule has 0 saturated carbocycles. The van der Waals surface area contributed by atoms with Crippen molar-refractivity contribution in [3.8, 4) is 12.3 Å². The van der Waals surface area contributed by atoms with E-state index >= 15 is 0 Å². The Morgan fingerprint density at radius 3 is 2.26 bits per heavy atom. The molecule has 0 radical (unpaired) electrons. The summed E-state index contributed by atoms with van der Waals surface area (Å²) in [7, 11) is 1.66. The van der Waals surface area contributed by atoms with Gasteiger partial charge in [0.05, 0.1) is 0 Å². The van der Waals surface area contributed by atoms with E-state index in [1.165, 1.54) is 0 Å². The second-order valence-corrected chi connectivity index (χ2v) is 4.04. The molecule has 4 heteroatoms. The fourth-order valence-electron chi connectivity index (χ4n) is 1.82. The summed E-state index contributed by atoms with van der Waals surface area (Å²) < 4.78 is 39.4. The maximum atomic E-state index is 13.2. The number of allylic oxidation sites excluding steroid dienone is 3. The molecule has 96 valence electrons. The van der Waals surface area contributed by atoms with Gasteiger partial charge in [-0.2, -0.15) is 0 Å². The Bertz CT molecular complexity index is 639. The summed E-state index contributed by atoms with van der Waals surface area (Å²) in [6, 6.07) is 1.87. The fraction of sp³-hybridized carbons (Fsp3) is 0.0667. The molecule has 1 aliphatic heterocycles. The zero-order valence-corrected chi connectivity index (χ0v) is 10.2. The number of hydrogen-bond donors (Lipinski definition) is 0. The highest BCUT2D eigenvalue weighted by atomic mass is 19.2. The molecular formula is C15H10F3N. The molecule has 0 spiro atoms. The number of nitrogens with zero attached hydrogens (tertiary/aromatic N) is 1. The van der Waals surface area contributed by atoms with Gasteiger partial charge < -0.3 is 4.90 Å². The highest BCUT2D eigenvalue weighted by molar-refractivity contribution is 5.72. The highest BCUT2D eigenvalue weighted by Crippen LogP contribution is 2.30.